The van der Waals surface area contributed by atoms with Crippen LogP contribution in [0.2, 0.25) is 0 Å². The van der Waals surface area contributed by atoms with Gasteiger partial charge in [-0.25, -0.2) is 9.97 Å². The lowest BCUT2D eigenvalue weighted by atomic mass is 9.54. The Labute approximate surface area is 142 Å². The molecule has 1 aromatic carbocycles. The molecular formula is C17H17F3N2O3. The van der Waals surface area contributed by atoms with Crippen molar-refractivity contribution in [1.29, 1.82) is 0 Å². The molecule has 5 nitrogen and oxygen atoms in total. The maximum atomic E-state index is 12.3. The highest BCUT2D eigenvalue weighted by Crippen LogP contribution is 2.56. The van der Waals surface area contributed by atoms with E-state index in [4.69, 9.17) is 0 Å². The molecule has 25 heavy (non-hydrogen) atoms. The van der Waals surface area contributed by atoms with E-state index < -0.39 is 23.5 Å². The van der Waals surface area contributed by atoms with Crippen molar-refractivity contribution in [2.75, 3.05) is 0 Å². The molecule has 0 bridgehead atoms. The predicted molar refractivity (Wildman–Crippen MR) is 81.7 cm³/mol. The molecule has 2 N–H and O–H groups in total. The molecule has 0 unspecified atom stereocenters. The molecule has 0 amide bonds. The third-order valence-corrected chi connectivity index (χ3v) is 4.41. The zero-order chi connectivity index (χ0) is 18.3. The van der Waals surface area contributed by atoms with Gasteiger partial charge in [0.25, 0.3) is 0 Å². The first-order valence-corrected chi connectivity index (χ1v) is 7.65. The summed E-state index contributed by atoms with van der Waals surface area (Å²) in [6.45, 7) is 1.64. The molecule has 8 heteroatoms. The summed E-state index contributed by atoms with van der Waals surface area (Å²) in [6, 6.07) is 6.92. The SMILES string of the molecule is CC1(O)CC(c2ccc(OC(F)(F)F)cc2)([C@@H](O)c2ncccn2)C1. The summed E-state index contributed by atoms with van der Waals surface area (Å²) in [7, 11) is 0. The Balaban J connectivity index is 1.92. The third kappa shape index (κ3) is 3.59. The second kappa shape index (κ2) is 5.96. The van der Waals surface area contributed by atoms with E-state index in [0.717, 1.165) is 0 Å². The average molecular weight is 354 g/mol. The number of hydrogen-bond donors (Lipinski definition) is 2. The number of aliphatic hydroxyl groups excluding tert-OH is 1. The number of rotatable bonds is 4. The van der Waals surface area contributed by atoms with E-state index in [9.17, 15) is 23.4 Å². The number of nitrogens with zero attached hydrogens (tertiary/aromatic N) is 2. The summed E-state index contributed by atoms with van der Waals surface area (Å²) in [5, 5.41) is 21.0. The largest absolute Gasteiger partial charge is 0.573 e. The molecule has 1 heterocycles. The summed E-state index contributed by atoms with van der Waals surface area (Å²) < 4.78 is 40.7. The number of alkyl halides is 3. The number of halogens is 3. The van der Waals surface area contributed by atoms with Crippen LogP contribution in [-0.4, -0.2) is 32.1 Å². The van der Waals surface area contributed by atoms with Crippen LogP contribution in [0, 0.1) is 0 Å². The highest BCUT2D eigenvalue weighted by Gasteiger charge is 2.57. The van der Waals surface area contributed by atoms with Crippen molar-refractivity contribution in [3.63, 3.8) is 0 Å². The summed E-state index contributed by atoms with van der Waals surface area (Å²) in [6.07, 6.45) is -2.40. The summed E-state index contributed by atoms with van der Waals surface area (Å²) in [5.74, 6) is -0.142. The first-order chi connectivity index (χ1) is 11.6. The van der Waals surface area contributed by atoms with E-state index in [-0.39, 0.29) is 24.4 Å². The van der Waals surface area contributed by atoms with Gasteiger partial charge in [-0.15, -0.1) is 13.2 Å². The quantitative estimate of drug-likeness (QED) is 0.883. The van der Waals surface area contributed by atoms with Crippen LogP contribution in [0.25, 0.3) is 0 Å². The molecule has 0 radical (unpaired) electrons. The molecule has 1 saturated carbocycles. The van der Waals surface area contributed by atoms with Crippen LogP contribution < -0.4 is 4.74 Å². The van der Waals surface area contributed by atoms with Gasteiger partial charge in [0.2, 0.25) is 0 Å². The molecule has 1 aliphatic rings. The van der Waals surface area contributed by atoms with Gasteiger partial charge in [0, 0.05) is 17.8 Å². The van der Waals surface area contributed by atoms with Crippen LogP contribution >= 0.6 is 0 Å². The van der Waals surface area contributed by atoms with E-state index in [1.807, 2.05) is 0 Å². The minimum absolute atomic E-state index is 0.202. The fraction of sp³-hybridized carbons (Fsp3) is 0.412. The normalized spacial score (nSPS) is 27.4. The number of aliphatic hydroxyl groups is 2. The number of benzene rings is 1. The van der Waals surface area contributed by atoms with Gasteiger partial charge >= 0.3 is 6.36 Å². The molecular weight excluding hydrogens is 337 g/mol. The minimum Gasteiger partial charge on any atom is -0.406 e. The summed E-state index contributed by atoms with van der Waals surface area (Å²) in [5.41, 5.74) is -1.26. The van der Waals surface area contributed by atoms with Gasteiger partial charge in [0.1, 0.15) is 11.9 Å². The molecule has 1 atom stereocenters. The van der Waals surface area contributed by atoms with Crippen molar-refractivity contribution in [3.05, 3.63) is 54.1 Å². The lowest BCUT2D eigenvalue weighted by Gasteiger charge is -2.54. The first kappa shape index (κ1) is 17.6. The molecule has 0 saturated heterocycles. The topological polar surface area (TPSA) is 75.5 Å². The third-order valence-electron chi connectivity index (χ3n) is 4.41. The van der Waals surface area contributed by atoms with E-state index in [2.05, 4.69) is 14.7 Å². The van der Waals surface area contributed by atoms with Crippen LogP contribution in [0.15, 0.2) is 42.7 Å². The van der Waals surface area contributed by atoms with E-state index in [1.165, 1.54) is 36.7 Å². The molecule has 0 spiro atoms. The molecule has 1 aromatic heterocycles. The molecule has 1 fully saturated rings. The second-order valence-electron chi connectivity index (χ2n) is 6.59. The number of aromatic nitrogens is 2. The summed E-state index contributed by atoms with van der Waals surface area (Å²) in [4.78, 5) is 8.10. The number of hydrogen-bond acceptors (Lipinski definition) is 5. The predicted octanol–water partition coefficient (Wildman–Crippen LogP) is 2.89. The van der Waals surface area contributed by atoms with Gasteiger partial charge < -0.3 is 14.9 Å². The Morgan fingerprint density at radius 3 is 2.16 bits per heavy atom. The first-order valence-electron chi connectivity index (χ1n) is 7.65. The minimum atomic E-state index is -4.77. The van der Waals surface area contributed by atoms with E-state index in [1.54, 1.807) is 13.0 Å². The molecule has 3 rings (SSSR count). The van der Waals surface area contributed by atoms with Gasteiger partial charge in [-0.3, -0.25) is 0 Å². The molecule has 2 aromatic rings. The highest BCUT2D eigenvalue weighted by molar-refractivity contribution is 5.38. The van der Waals surface area contributed by atoms with Gasteiger partial charge in [0.05, 0.1) is 5.60 Å². The van der Waals surface area contributed by atoms with Crippen molar-refractivity contribution in [2.24, 2.45) is 0 Å². The second-order valence-corrected chi connectivity index (χ2v) is 6.59. The fourth-order valence-corrected chi connectivity index (χ4v) is 3.55. The Hall–Kier alpha value is -2.19. The zero-order valence-corrected chi connectivity index (χ0v) is 13.4. The van der Waals surface area contributed by atoms with Crippen LogP contribution in [0.4, 0.5) is 13.2 Å². The van der Waals surface area contributed by atoms with E-state index >= 15 is 0 Å². The molecule has 0 aliphatic heterocycles. The van der Waals surface area contributed by atoms with Crippen LogP contribution in [0.1, 0.15) is 37.3 Å². The lowest BCUT2D eigenvalue weighted by molar-refractivity contribution is -0.274. The maximum Gasteiger partial charge on any atom is 0.573 e. The Morgan fingerprint density at radius 2 is 1.68 bits per heavy atom. The van der Waals surface area contributed by atoms with Gasteiger partial charge in [-0.05, 0) is 43.5 Å². The average Bonchev–Trinajstić information content (AvgIpc) is 2.51. The van der Waals surface area contributed by atoms with Crippen LogP contribution in [0.5, 0.6) is 5.75 Å². The van der Waals surface area contributed by atoms with Gasteiger partial charge in [-0.2, -0.15) is 0 Å². The highest BCUT2D eigenvalue weighted by atomic mass is 19.4. The molecule has 134 valence electrons. The van der Waals surface area contributed by atoms with E-state index in [0.29, 0.717) is 5.56 Å². The van der Waals surface area contributed by atoms with Crippen molar-refractivity contribution >= 4 is 0 Å². The Bertz CT molecular complexity index is 725. The fourth-order valence-electron chi connectivity index (χ4n) is 3.55. The van der Waals surface area contributed by atoms with Crippen molar-refractivity contribution in [3.8, 4) is 5.75 Å². The Kier molecular flexibility index (Phi) is 4.20. The smallest absolute Gasteiger partial charge is 0.406 e. The lowest BCUT2D eigenvalue weighted by Crippen LogP contribution is -2.56. The monoisotopic (exact) mass is 354 g/mol. The summed E-state index contributed by atoms with van der Waals surface area (Å²) >= 11 is 0. The van der Waals surface area contributed by atoms with Gasteiger partial charge in [0.15, 0.2) is 5.82 Å². The standard InChI is InChI=1S/C17H17F3N2O3/c1-15(24)9-16(10-15,13(23)14-21-7-2-8-22-14)11-3-5-12(6-4-11)25-17(18,19)20/h2-8,13,23-24H,9-10H2,1H3/t13-,15?,16?/m0/s1. The van der Waals surface area contributed by atoms with Gasteiger partial charge in [-0.1, -0.05) is 12.1 Å². The van der Waals surface area contributed by atoms with Crippen molar-refractivity contribution in [2.45, 2.75) is 43.2 Å². The van der Waals surface area contributed by atoms with Crippen molar-refractivity contribution < 1.29 is 28.1 Å². The van der Waals surface area contributed by atoms with Crippen LogP contribution in [0.3, 0.4) is 0 Å². The zero-order valence-electron chi connectivity index (χ0n) is 13.4. The van der Waals surface area contributed by atoms with Crippen LogP contribution in [-0.2, 0) is 5.41 Å². The Morgan fingerprint density at radius 1 is 1.12 bits per heavy atom. The number of ether oxygens (including phenoxy) is 1. The van der Waals surface area contributed by atoms with Crippen molar-refractivity contribution in [1.82, 2.24) is 9.97 Å². The molecule has 1 aliphatic carbocycles. The maximum absolute atomic E-state index is 12.3.